The molecule has 0 saturated heterocycles. The first kappa shape index (κ1) is 12.7. The third kappa shape index (κ3) is 1.80. The second-order valence-corrected chi connectivity index (χ2v) is 7.17. The quantitative estimate of drug-likeness (QED) is 0.829. The van der Waals surface area contributed by atoms with Crippen LogP contribution in [-0.2, 0) is 5.60 Å². The van der Waals surface area contributed by atoms with Gasteiger partial charge < -0.3 is 5.11 Å². The first-order valence-electron chi connectivity index (χ1n) is 7.46. The summed E-state index contributed by atoms with van der Waals surface area (Å²) in [4.78, 5) is 0. The number of fused-ring (bicyclic) bond motifs is 1. The lowest BCUT2D eigenvalue weighted by molar-refractivity contribution is -0.148. The Morgan fingerprint density at radius 1 is 1.15 bits per heavy atom. The summed E-state index contributed by atoms with van der Waals surface area (Å²) >= 11 is 6.19. The number of aromatic nitrogens is 2. The predicted octanol–water partition coefficient (Wildman–Crippen LogP) is 4.15. The van der Waals surface area contributed by atoms with Gasteiger partial charge in [-0.2, -0.15) is 5.10 Å². The number of rotatable bonds is 1. The Kier molecular flexibility index (Phi) is 2.67. The number of halogens is 1. The van der Waals surface area contributed by atoms with Crippen molar-refractivity contribution >= 4 is 22.5 Å². The van der Waals surface area contributed by atoms with Gasteiger partial charge in [0.15, 0.2) is 0 Å². The highest BCUT2D eigenvalue weighted by Gasteiger charge is 2.54. The molecule has 0 atom stereocenters. The monoisotopic (exact) mass is 290 g/mol. The molecule has 1 heterocycles. The third-order valence-corrected chi connectivity index (χ3v) is 5.49. The number of benzene rings is 1. The lowest BCUT2D eigenvalue weighted by Crippen LogP contribution is -2.50. The molecule has 0 amide bonds. The zero-order valence-electron chi connectivity index (χ0n) is 11.5. The average molecular weight is 291 g/mol. The van der Waals surface area contributed by atoms with Gasteiger partial charge in [-0.15, -0.1) is 0 Å². The first-order chi connectivity index (χ1) is 9.60. The van der Waals surface area contributed by atoms with Gasteiger partial charge in [0, 0.05) is 10.4 Å². The van der Waals surface area contributed by atoms with Crippen molar-refractivity contribution in [3.63, 3.8) is 0 Å². The lowest BCUT2D eigenvalue weighted by atomic mass is 9.52. The summed E-state index contributed by atoms with van der Waals surface area (Å²) in [7, 11) is 0. The number of hydrogen-bond acceptors (Lipinski definition) is 2. The van der Waals surface area contributed by atoms with Crippen LogP contribution < -0.4 is 0 Å². The van der Waals surface area contributed by atoms with Crippen molar-refractivity contribution in [2.75, 3.05) is 0 Å². The van der Waals surface area contributed by atoms with Crippen molar-refractivity contribution in [3.05, 3.63) is 28.9 Å². The molecule has 2 aliphatic carbocycles. The van der Waals surface area contributed by atoms with E-state index in [0.717, 1.165) is 29.3 Å². The van der Waals surface area contributed by atoms with Gasteiger partial charge in [-0.1, -0.05) is 30.9 Å². The van der Waals surface area contributed by atoms with E-state index in [2.05, 4.69) is 10.2 Å². The molecule has 4 rings (SSSR count). The summed E-state index contributed by atoms with van der Waals surface area (Å²) in [6.07, 6.45) is 10.1. The molecular weight excluding hydrogens is 272 g/mol. The predicted molar refractivity (Wildman–Crippen MR) is 79.8 cm³/mol. The van der Waals surface area contributed by atoms with E-state index >= 15 is 0 Å². The molecule has 0 aliphatic heterocycles. The van der Waals surface area contributed by atoms with Gasteiger partial charge in [-0.3, -0.25) is 5.10 Å². The van der Waals surface area contributed by atoms with Crippen LogP contribution in [0.4, 0.5) is 0 Å². The SMILES string of the molecule is OC1(c2cc(Cl)cc3[nH]ncc23)CC2(CCCCC2)C1. The molecule has 0 radical (unpaired) electrons. The van der Waals surface area contributed by atoms with E-state index in [4.69, 9.17) is 11.6 Å². The standard InChI is InChI=1S/C16H19ClN2O/c17-11-6-13(12-8-18-19-14(12)7-11)16(20)9-15(10-16)4-2-1-3-5-15/h6-8,20H,1-5,9-10H2,(H,18,19). The number of aromatic amines is 1. The summed E-state index contributed by atoms with van der Waals surface area (Å²) in [5.41, 5.74) is 1.52. The molecule has 2 saturated carbocycles. The Labute approximate surface area is 123 Å². The van der Waals surface area contributed by atoms with Crippen LogP contribution in [0.2, 0.25) is 5.02 Å². The molecule has 1 aromatic heterocycles. The Balaban J connectivity index is 1.71. The third-order valence-electron chi connectivity index (χ3n) is 5.27. The van der Waals surface area contributed by atoms with Crippen molar-refractivity contribution in [1.82, 2.24) is 10.2 Å². The number of aliphatic hydroxyl groups is 1. The maximum absolute atomic E-state index is 11.0. The summed E-state index contributed by atoms with van der Waals surface area (Å²) in [5.74, 6) is 0. The maximum Gasteiger partial charge on any atom is 0.0914 e. The Morgan fingerprint density at radius 3 is 2.65 bits per heavy atom. The summed E-state index contributed by atoms with van der Waals surface area (Å²) < 4.78 is 0. The molecule has 20 heavy (non-hydrogen) atoms. The van der Waals surface area contributed by atoms with Gasteiger partial charge in [0.1, 0.15) is 0 Å². The topological polar surface area (TPSA) is 48.9 Å². The van der Waals surface area contributed by atoms with E-state index < -0.39 is 5.60 Å². The highest BCUT2D eigenvalue weighted by molar-refractivity contribution is 6.31. The molecule has 1 aromatic carbocycles. The van der Waals surface area contributed by atoms with Gasteiger partial charge in [0.2, 0.25) is 0 Å². The van der Waals surface area contributed by atoms with Crippen LogP contribution in [0, 0.1) is 5.41 Å². The minimum Gasteiger partial charge on any atom is -0.385 e. The fraction of sp³-hybridized carbons (Fsp3) is 0.562. The Bertz CT molecular complexity index is 650. The van der Waals surface area contributed by atoms with E-state index in [0.29, 0.717) is 10.4 Å². The van der Waals surface area contributed by atoms with Gasteiger partial charge in [0.05, 0.1) is 17.3 Å². The first-order valence-corrected chi connectivity index (χ1v) is 7.84. The van der Waals surface area contributed by atoms with Gasteiger partial charge in [0.25, 0.3) is 0 Å². The van der Waals surface area contributed by atoms with Crippen molar-refractivity contribution in [3.8, 4) is 0 Å². The zero-order chi connectivity index (χ0) is 13.8. The molecule has 106 valence electrons. The molecular formula is C16H19ClN2O. The smallest absolute Gasteiger partial charge is 0.0914 e. The minimum absolute atomic E-state index is 0.380. The number of hydrogen-bond donors (Lipinski definition) is 2. The lowest BCUT2D eigenvalue weighted by Gasteiger charge is -2.56. The summed E-state index contributed by atoms with van der Waals surface area (Å²) in [6.45, 7) is 0. The van der Waals surface area contributed by atoms with Crippen LogP contribution in [0.15, 0.2) is 18.3 Å². The molecule has 2 aliphatic rings. The van der Waals surface area contributed by atoms with Gasteiger partial charge in [-0.25, -0.2) is 0 Å². The molecule has 1 spiro atoms. The summed E-state index contributed by atoms with van der Waals surface area (Å²) in [5, 5.41) is 19.7. The van der Waals surface area contributed by atoms with Crippen molar-refractivity contribution in [2.45, 2.75) is 50.5 Å². The fourth-order valence-corrected chi connectivity index (χ4v) is 4.65. The molecule has 2 aromatic rings. The second kappa shape index (κ2) is 4.22. The molecule has 2 N–H and O–H groups in total. The van der Waals surface area contributed by atoms with E-state index in [1.165, 1.54) is 32.1 Å². The fourth-order valence-electron chi connectivity index (χ4n) is 4.44. The van der Waals surface area contributed by atoms with Crippen molar-refractivity contribution in [1.29, 1.82) is 0 Å². The van der Waals surface area contributed by atoms with E-state index in [-0.39, 0.29) is 0 Å². The number of nitrogens with one attached hydrogen (secondary N) is 1. The molecule has 4 heteroatoms. The second-order valence-electron chi connectivity index (χ2n) is 6.73. The van der Waals surface area contributed by atoms with Crippen molar-refractivity contribution < 1.29 is 5.11 Å². The normalized spacial score (nSPS) is 23.9. The average Bonchev–Trinajstić information content (AvgIpc) is 2.85. The highest BCUT2D eigenvalue weighted by atomic mass is 35.5. The van der Waals surface area contributed by atoms with Crippen LogP contribution in [0.3, 0.4) is 0 Å². The Morgan fingerprint density at radius 2 is 1.90 bits per heavy atom. The van der Waals surface area contributed by atoms with E-state index in [1.807, 2.05) is 12.1 Å². The maximum atomic E-state index is 11.0. The van der Waals surface area contributed by atoms with Gasteiger partial charge >= 0.3 is 0 Å². The van der Waals surface area contributed by atoms with Crippen LogP contribution >= 0.6 is 11.6 Å². The number of H-pyrrole nitrogens is 1. The van der Waals surface area contributed by atoms with Crippen LogP contribution in [0.5, 0.6) is 0 Å². The van der Waals surface area contributed by atoms with Gasteiger partial charge in [-0.05, 0) is 48.8 Å². The molecule has 0 bridgehead atoms. The van der Waals surface area contributed by atoms with Crippen LogP contribution in [0.1, 0.15) is 50.5 Å². The van der Waals surface area contributed by atoms with Crippen LogP contribution in [-0.4, -0.2) is 15.3 Å². The number of nitrogens with zero attached hydrogens (tertiary/aromatic N) is 1. The van der Waals surface area contributed by atoms with Crippen LogP contribution in [0.25, 0.3) is 10.9 Å². The molecule has 3 nitrogen and oxygen atoms in total. The zero-order valence-corrected chi connectivity index (χ0v) is 12.2. The minimum atomic E-state index is -0.718. The molecule has 2 fully saturated rings. The van der Waals surface area contributed by atoms with E-state index in [1.54, 1.807) is 6.20 Å². The van der Waals surface area contributed by atoms with Crippen molar-refractivity contribution in [2.24, 2.45) is 5.41 Å². The largest absolute Gasteiger partial charge is 0.385 e. The molecule has 0 unspecified atom stereocenters. The Hall–Kier alpha value is -1.06. The van der Waals surface area contributed by atoms with E-state index in [9.17, 15) is 5.11 Å². The highest BCUT2D eigenvalue weighted by Crippen LogP contribution is 2.61. The summed E-state index contributed by atoms with van der Waals surface area (Å²) in [6, 6.07) is 3.78.